The maximum atomic E-state index is 13.7. The number of nitriles is 1. The molecule has 0 amide bonds. The van der Waals surface area contributed by atoms with Crippen molar-refractivity contribution in [1.82, 2.24) is 0 Å². The van der Waals surface area contributed by atoms with Crippen molar-refractivity contribution in [3.63, 3.8) is 0 Å². The van der Waals surface area contributed by atoms with Gasteiger partial charge in [0.1, 0.15) is 11.8 Å². The first-order valence-electron chi connectivity index (χ1n) is 5.52. The number of halogens is 3. The van der Waals surface area contributed by atoms with E-state index in [2.05, 4.69) is 21.2 Å². The Labute approximate surface area is 126 Å². The summed E-state index contributed by atoms with van der Waals surface area (Å²) in [7, 11) is 0. The number of anilines is 2. The van der Waals surface area contributed by atoms with Gasteiger partial charge in [0.05, 0.1) is 16.2 Å². The number of benzene rings is 2. The van der Waals surface area contributed by atoms with E-state index in [1.54, 1.807) is 6.07 Å². The lowest BCUT2D eigenvalue weighted by molar-refractivity contribution is -0.384. The van der Waals surface area contributed by atoms with Crippen molar-refractivity contribution in [2.75, 3.05) is 5.32 Å². The molecule has 21 heavy (non-hydrogen) atoms. The predicted molar refractivity (Wildman–Crippen MR) is 75.2 cm³/mol. The van der Waals surface area contributed by atoms with E-state index < -0.39 is 22.2 Å². The number of non-ortho nitro benzene ring substituents is 1. The van der Waals surface area contributed by atoms with Gasteiger partial charge in [0.25, 0.3) is 5.69 Å². The monoisotopic (exact) mass is 353 g/mol. The van der Waals surface area contributed by atoms with Gasteiger partial charge < -0.3 is 5.32 Å². The van der Waals surface area contributed by atoms with Crippen molar-refractivity contribution >= 4 is 33.0 Å². The molecular weight excluding hydrogens is 348 g/mol. The van der Waals surface area contributed by atoms with Gasteiger partial charge in [-0.3, -0.25) is 10.1 Å². The Morgan fingerprint density at radius 1 is 1.24 bits per heavy atom. The van der Waals surface area contributed by atoms with Gasteiger partial charge in [0.15, 0.2) is 11.6 Å². The van der Waals surface area contributed by atoms with Gasteiger partial charge in [-0.1, -0.05) is 15.9 Å². The highest BCUT2D eigenvalue weighted by atomic mass is 79.9. The van der Waals surface area contributed by atoms with Gasteiger partial charge in [-0.2, -0.15) is 5.26 Å². The average molecular weight is 354 g/mol. The van der Waals surface area contributed by atoms with Crippen molar-refractivity contribution < 1.29 is 13.7 Å². The minimum absolute atomic E-state index is 0.0724. The van der Waals surface area contributed by atoms with Crippen LogP contribution in [0.3, 0.4) is 0 Å². The summed E-state index contributed by atoms with van der Waals surface area (Å²) in [6.45, 7) is 0. The first-order valence-corrected chi connectivity index (χ1v) is 6.32. The van der Waals surface area contributed by atoms with Crippen LogP contribution in [0, 0.1) is 33.1 Å². The lowest BCUT2D eigenvalue weighted by atomic mass is 10.1. The maximum absolute atomic E-state index is 13.7. The fourth-order valence-electron chi connectivity index (χ4n) is 1.64. The lowest BCUT2D eigenvalue weighted by Crippen LogP contribution is -2.00. The standard InChI is InChI=1S/C13H6BrF2N3O2/c14-8-4-10(15)13(11(16)5-8)18-12-2-1-9(19(20)21)3-7(12)6-17/h1-5,18H. The van der Waals surface area contributed by atoms with E-state index in [-0.39, 0.29) is 21.4 Å². The molecule has 0 aromatic heterocycles. The van der Waals surface area contributed by atoms with Crippen molar-refractivity contribution in [3.05, 3.63) is 62.1 Å². The summed E-state index contributed by atoms with van der Waals surface area (Å²) in [6, 6.07) is 7.24. The Morgan fingerprint density at radius 2 is 1.86 bits per heavy atom. The Morgan fingerprint density at radius 3 is 2.38 bits per heavy atom. The van der Waals surface area contributed by atoms with E-state index in [0.717, 1.165) is 24.3 Å². The molecule has 2 aromatic carbocycles. The number of hydrogen-bond acceptors (Lipinski definition) is 4. The summed E-state index contributed by atoms with van der Waals surface area (Å²) < 4.78 is 27.7. The largest absolute Gasteiger partial charge is 0.350 e. The molecule has 0 fully saturated rings. The molecule has 0 atom stereocenters. The van der Waals surface area contributed by atoms with E-state index in [9.17, 15) is 18.9 Å². The van der Waals surface area contributed by atoms with Crippen LogP contribution in [-0.4, -0.2) is 4.92 Å². The number of rotatable bonds is 3. The van der Waals surface area contributed by atoms with Gasteiger partial charge in [-0.05, 0) is 18.2 Å². The summed E-state index contributed by atoms with van der Waals surface area (Å²) >= 11 is 2.95. The summed E-state index contributed by atoms with van der Waals surface area (Å²) in [5.41, 5.74) is -0.744. The molecule has 0 radical (unpaired) electrons. The van der Waals surface area contributed by atoms with Crippen LogP contribution in [0.25, 0.3) is 0 Å². The minimum Gasteiger partial charge on any atom is -0.350 e. The average Bonchev–Trinajstić information content (AvgIpc) is 2.42. The van der Waals surface area contributed by atoms with Gasteiger partial charge >= 0.3 is 0 Å². The maximum Gasteiger partial charge on any atom is 0.270 e. The van der Waals surface area contributed by atoms with Crippen molar-refractivity contribution in [2.24, 2.45) is 0 Å². The van der Waals surface area contributed by atoms with Crippen LogP contribution < -0.4 is 5.32 Å². The predicted octanol–water partition coefficient (Wildman–Crippen LogP) is 4.25. The normalized spacial score (nSPS) is 10.0. The summed E-state index contributed by atoms with van der Waals surface area (Å²) in [5.74, 6) is -1.71. The fraction of sp³-hybridized carbons (Fsp3) is 0. The zero-order chi connectivity index (χ0) is 15.6. The van der Waals surface area contributed by atoms with Crippen LogP contribution in [0.5, 0.6) is 0 Å². The van der Waals surface area contributed by atoms with Crippen LogP contribution in [-0.2, 0) is 0 Å². The molecule has 0 bridgehead atoms. The quantitative estimate of drug-likeness (QED) is 0.660. The van der Waals surface area contributed by atoms with E-state index in [4.69, 9.17) is 5.26 Å². The second kappa shape index (κ2) is 5.85. The molecule has 0 saturated heterocycles. The molecule has 2 rings (SSSR count). The van der Waals surface area contributed by atoms with Crippen LogP contribution in [0.4, 0.5) is 25.8 Å². The zero-order valence-electron chi connectivity index (χ0n) is 10.2. The van der Waals surface area contributed by atoms with Crippen LogP contribution in [0.15, 0.2) is 34.8 Å². The van der Waals surface area contributed by atoms with Gasteiger partial charge in [0.2, 0.25) is 0 Å². The Bertz CT molecular complexity index is 751. The molecule has 2 aromatic rings. The minimum atomic E-state index is -0.857. The summed E-state index contributed by atoms with van der Waals surface area (Å²) in [5, 5.41) is 22.1. The molecule has 0 aliphatic carbocycles. The molecule has 1 N–H and O–H groups in total. The van der Waals surface area contributed by atoms with E-state index in [1.165, 1.54) is 6.07 Å². The molecule has 0 aliphatic rings. The molecule has 0 heterocycles. The lowest BCUT2D eigenvalue weighted by Gasteiger charge is -2.10. The SMILES string of the molecule is N#Cc1cc([N+](=O)[O-])ccc1Nc1c(F)cc(Br)cc1F. The third-order valence-electron chi connectivity index (χ3n) is 2.60. The smallest absolute Gasteiger partial charge is 0.270 e. The molecule has 0 saturated carbocycles. The van der Waals surface area contributed by atoms with Crippen molar-refractivity contribution in [3.8, 4) is 6.07 Å². The van der Waals surface area contributed by atoms with Crippen molar-refractivity contribution in [1.29, 1.82) is 5.26 Å². The highest BCUT2D eigenvalue weighted by Crippen LogP contribution is 2.29. The zero-order valence-corrected chi connectivity index (χ0v) is 11.8. The highest BCUT2D eigenvalue weighted by molar-refractivity contribution is 9.10. The Hall–Kier alpha value is -2.53. The molecule has 0 unspecified atom stereocenters. The summed E-state index contributed by atoms with van der Waals surface area (Å²) in [4.78, 5) is 9.97. The molecule has 106 valence electrons. The number of nitrogens with one attached hydrogen (secondary N) is 1. The number of nitro groups is 1. The Balaban J connectivity index is 2.46. The molecular formula is C13H6BrF2N3O2. The Kier molecular flexibility index (Phi) is 4.14. The van der Waals surface area contributed by atoms with Crippen LogP contribution in [0.1, 0.15) is 5.56 Å². The number of nitrogens with zero attached hydrogens (tertiary/aromatic N) is 2. The van der Waals surface area contributed by atoms with E-state index >= 15 is 0 Å². The van der Waals surface area contributed by atoms with Crippen LogP contribution >= 0.6 is 15.9 Å². The molecule has 8 heteroatoms. The van der Waals surface area contributed by atoms with Gasteiger partial charge in [0, 0.05) is 16.6 Å². The van der Waals surface area contributed by atoms with Gasteiger partial charge in [-0.25, -0.2) is 8.78 Å². The van der Waals surface area contributed by atoms with Gasteiger partial charge in [-0.15, -0.1) is 0 Å². The third kappa shape index (κ3) is 3.14. The number of nitro benzene ring substituents is 1. The van der Waals surface area contributed by atoms with E-state index in [0.29, 0.717) is 0 Å². The first-order chi connectivity index (χ1) is 9.92. The second-order valence-electron chi connectivity index (χ2n) is 3.97. The topological polar surface area (TPSA) is 79.0 Å². The fourth-order valence-corrected chi connectivity index (χ4v) is 2.05. The highest BCUT2D eigenvalue weighted by Gasteiger charge is 2.15. The third-order valence-corrected chi connectivity index (χ3v) is 3.06. The second-order valence-corrected chi connectivity index (χ2v) is 4.88. The summed E-state index contributed by atoms with van der Waals surface area (Å²) in [6.07, 6.45) is 0. The molecule has 0 aliphatic heterocycles. The van der Waals surface area contributed by atoms with Crippen LogP contribution in [0.2, 0.25) is 0 Å². The van der Waals surface area contributed by atoms with Crippen molar-refractivity contribution in [2.45, 2.75) is 0 Å². The number of hydrogen-bond donors (Lipinski definition) is 1. The van der Waals surface area contributed by atoms with E-state index in [1.807, 2.05) is 0 Å². The first kappa shape index (κ1) is 14.9. The molecule has 0 spiro atoms. The molecule has 5 nitrogen and oxygen atoms in total.